The standard InChI is InChI=1S/C19H18N2O4/c1-12-10-19(24)25-16-9-13(2)15(11-14(12)16)20-17(22)6-8-21-7-4-3-5-18(21)23/h3-5,7,9-11H,6,8H2,1-2H3,(H,20,22). The molecule has 0 spiro atoms. The van der Waals surface area contributed by atoms with Crippen molar-refractivity contribution in [1.82, 2.24) is 4.57 Å². The van der Waals surface area contributed by atoms with Gasteiger partial charge in [0, 0.05) is 42.4 Å². The summed E-state index contributed by atoms with van der Waals surface area (Å²) in [5.41, 5.74) is 2.22. The number of aryl methyl sites for hydroxylation is 3. The normalized spacial score (nSPS) is 10.8. The third-order valence-electron chi connectivity index (χ3n) is 4.05. The smallest absolute Gasteiger partial charge is 0.336 e. The molecule has 0 bridgehead atoms. The summed E-state index contributed by atoms with van der Waals surface area (Å²) in [6.45, 7) is 3.97. The summed E-state index contributed by atoms with van der Waals surface area (Å²) in [5.74, 6) is -0.187. The summed E-state index contributed by atoms with van der Waals surface area (Å²) in [7, 11) is 0. The Morgan fingerprint density at radius 1 is 1.12 bits per heavy atom. The van der Waals surface area contributed by atoms with Crippen molar-refractivity contribution in [2.45, 2.75) is 26.8 Å². The van der Waals surface area contributed by atoms with Gasteiger partial charge in [0.25, 0.3) is 5.56 Å². The summed E-state index contributed by atoms with van der Waals surface area (Å²) in [4.78, 5) is 35.3. The number of nitrogens with one attached hydrogen (secondary N) is 1. The molecule has 1 N–H and O–H groups in total. The van der Waals surface area contributed by atoms with Crippen LogP contribution in [0.2, 0.25) is 0 Å². The van der Waals surface area contributed by atoms with Gasteiger partial charge in [0.2, 0.25) is 5.91 Å². The number of aromatic nitrogens is 1. The van der Waals surface area contributed by atoms with E-state index in [1.54, 1.807) is 30.5 Å². The number of benzene rings is 1. The minimum Gasteiger partial charge on any atom is -0.423 e. The molecule has 1 aromatic carbocycles. The van der Waals surface area contributed by atoms with Crippen molar-refractivity contribution in [3.8, 4) is 0 Å². The Kier molecular flexibility index (Phi) is 4.52. The fraction of sp³-hybridized carbons (Fsp3) is 0.211. The third kappa shape index (κ3) is 3.68. The van der Waals surface area contributed by atoms with Gasteiger partial charge in [0.05, 0.1) is 0 Å². The molecular weight excluding hydrogens is 320 g/mol. The molecule has 0 aliphatic heterocycles. The first-order valence-corrected chi connectivity index (χ1v) is 7.94. The Hall–Kier alpha value is -3.15. The van der Waals surface area contributed by atoms with E-state index in [4.69, 9.17) is 4.42 Å². The van der Waals surface area contributed by atoms with Crippen LogP contribution in [-0.4, -0.2) is 10.5 Å². The lowest BCUT2D eigenvalue weighted by Crippen LogP contribution is -2.22. The molecule has 0 aliphatic rings. The summed E-state index contributed by atoms with van der Waals surface area (Å²) >= 11 is 0. The monoisotopic (exact) mass is 338 g/mol. The van der Waals surface area contributed by atoms with Gasteiger partial charge in [-0.25, -0.2) is 4.79 Å². The number of anilines is 1. The quantitative estimate of drug-likeness (QED) is 0.742. The summed E-state index contributed by atoms with van der Waals surface area (Å²) in [5, 5.41) is 3.64. The van der Waals surface area contributed by atoms with Gasteiger partial charge >= 0.3 is 5.63 Å². The van der Waals surface area contributed by atoms with Crippen molar-refractivity contribution < 1.29 is 9.21 Å². The fourth-order valence-corrected chi connectivity index (χ4v) is 2.68. The zero-order chi connectivity index (χ0) is 18.0. The Balaban J connectivity index is 1.79. The number of hydrogen-bond donors (Lipinski definition) is 1. The molecular formula is C19H18N2O4. The zero-order valence-corrected chi connectivity index (χ0v) is 14.0. The molecule has 3 rings (SSSR count). The van der Waals surface area contributed by atoms with E-state index >= 15 is 0 Å². The zero-order valence-electron chi connectivity index (χ0n) is 14.0. The van der Waals surface area contributed by atoms with Crippen LogP contribution >= 0.6 is 0 Å². The lowest BCUT2D eigenvalue weighted by atomic mass is 10.1. The minimum atomic E-state index is -0.394. The average Bonchev–Trinajstić information content (AvgIpc) is 2.55. The van der Waals surface area contributed by atoms with Crippen LogP contribution in [-0.2, 0) is 11.3 Å². The van der Waals surface area contributed by atoms with E-state index in [0.29, 0.717) is 17.8 Å². The van der Waals surface area contributed by atoms with Crippen LogP contribution in [0.4, 0.5) is 5.69 Å². The molecule has 0 fully saturated rings. The summed E-state index contributed by atoms with van der Waals surface area (Å²) < 4.78 is 6.69. The van der Waals surface area contributed by atoms with Crippen LogP contribution < -0.4 is 16.5 Å². The SMILES string of the molecule is Cc1cc2oc(=O)cc(C)c2cc1NC(=O)CCn1ccccc1=O. The Bertz CT molecular complexity index is 1060. The lowest BCUT2D eigenvalue weighted by molar-refractivity contribution is -0.116. The van der Waals surface area contributed by atoms with E-state index in [0.717, 1.165) is 16.5 Å². The fourth-order valence-electron chi connectivity index (χ4n) is 2.68. The Morgan fingerprint density at radius 3 is 2.68 bits per heavy atom. The predicted octanol–water partition coefficient (Wildman–Crippen LogP) is 2.60. The molecule has 0 aliphatic carbocycles. The van der Waals surface area contributed by atoms with Crippen LogP contribution in [0.1, 0.15) is 17.5 Å². The van der Waals surface area contributed by atoms with Gasteiger partial charge in [-0.1, -0.05) is 6.07 Å². The molecule has 6 heteroatoms. The summed E-state index contributed by atoms with van der Waals surface area (Å²) in [6.07, 6.45) is 1.84. The molecule has 2 aromatic heterocycles. The average molecular weight is 338 g/mol. The maximum absolute atomic E-state index is 12.2. The van der Waals surface area contributed by atoms with Crippen LogP contribution in [0.25, 0.3) is 11.0 Å². The second kappa shape index (κ2) is 6.76. The first-order valence-electron chi connectivity index (χ1n) is 7.94. The molecule has 0 unspecified atom stereocenters. The van der Waals surface area contributed by atoms with E-state index in [9.17, 15) is 14.4 Å². The van der Waals surface area contributed by atoms with Gasteiger partial charge in [-0.3, -0.25) is 9.59 Å². The number of pyridine rings is 1. The lowest BCUT2D eigenvalue weighted by Gasteiger charge is -2.11. The molecule has 0 saturated carbocycles. The maximum atomic E-state index is 12.2. The maximum Gasteiger partial charge on any atom is 0.336 e. The topological polar surface area (TPSA) is 81.3 Å². The Labute approximate surface area is 143 Å². The number of hydrogen-bond acceptors (Lipinski definition) is 4. The van der Waals surface area contributed by atoms with Crippen molar-refractivity contribution in [3.63, 3.8) is 0 Å². The predicted molar refractivity (Wildman–Crippen MR) is 95.9 cm³/mol. The van der Waals surface area contributed by atoms with Gasteiger partial charge in [-0.2, -0.15) is 0 Å². The Morgan fingerprint density at radius 2 is 1.92 bits per heavy atom. The molecule has 128 valence electrons. The number of nitrogens with zero attached hydrogens (tertiary/aromatic N) is 1. The highest BCUT2D eigenvalue weighted by atomic mass is 16.4. The largest absolute Gasteiger partial charge is 0.423 e. The highest BCUT2D eigenvalue weighted by Crippen LogP contribution is 2.25. The van der Waals surface area contributed by atoms with Gasteiger partial charge in [-0.05, 0) is 43.2 Å². The van der Waals surface area contributed by atoms with E-state index in [2.05, 4.69) is 5.32 Å². The molecule has 0 atom stereocenters. The van der Waals surface area contributed by atoms with Crippen LogP contribution in [0.5, 0.6) is 0 Å². The van der Waals surface area contributed by atoms with Crippen LogP contribution in [0, 0.1) is 13.8 Å². The van der Waals surface area contributed by atoms with Crippen molar-refractivity contribution in [2.75, 3.05) is 5.32 Å². The molecule has 3 aromatic rings. The highest BCUT2D eigenvalue weighted by molar-refractivity contribution is 5.95. The number of carbonyl (C=O) groups is 1. The number of rotatable bonds is 4. The molecule has 1 amide bonds. The first-order chi connectivity index (χ1) is 11.9. The van der Waals surface area contributed by atoms with E-state index in [-0.39, 0.29) is 17.9 Å². The third-order valence-corrected chi connectivity index (χ3v) is 4.05. The van der Waals surface area contributed by atoms with Crippen LogP contribution in [0.3, 0.4) is 0 Å². The molecule has 0 saturated heterocycles. The minimum absolute atomic E-state index is 0.136. The van der Waals surface area contributed by atoms with Crippen molar-refractivity contribution in [1.29, 1.82) is 0 Å². The van der Waals surface area contributed by atoms with Crippen molar-refractivity contribution in [2.24, 2.45) is 0 Å². The van der Waals surface area contributed by atoms with Gasteiger partial charge in [-0.15, -0.1) is 0 Å². The van der Waals surface area contributed by atoms with E-state index in [1.165, 1.54) is 16.7 Å². The molecule has 25 heavy (non-hydrogen) atoms. The van der Waals surface area contributed by atoms with E-state index < -0.39 is 5.63 Å². The van der Waals surface area contributed by atoms with Gasteiger partial charge in [0.15, 0.2) is 0 Å². The molecule has 2 heterocycles. The molecule has 0 radical (unpaired) electrons. The number of carbonyl (C=O) groups excluding carboxylic acids is 1. The first kappa shape index (κ1) is 16.7. The second-order valence-electron chi connectivity index (χ2n) is 5.94. The van der Waals surface area contributed by atoms with Crippen LogP contribution in [0.15, 0.2) is 56.6 Å². The van der Waals surface area contributed by atoms with Crippen molar-refractivity contribution >= 4 is 22.6 Å². The summed E-state index contributed by atoms with van der Waals surface area (Å²) in [6, 6.07) is 9.84. The highest BCUT2D eigenvalue weighted by Gasteiger charge is 2.10. The second-order valence-corrected chi connectivity index (χ2v) is 5.94. The van der Waals surface area contributed by atoms with Gasteiger partial charge in [0.1, 0.15) is 5.58 Å². The number of amides is 1. The van der Waals surface area contributed by atoms with Gasteiger partial charge < -0.3 is 14.3 Å². The van der Waals surface area contributed by atoms with Crippen molar-refractivity contribution in [3.05, 3.63) is 74.5 Å². The van der Waals surface area contributed by atoms with E-state index in [1.807, 2.05) is 13.8 Å². The number of fused-ring (bicyclic) bond motifs is 1. The molecule has 6 nitrogen and oxygen atoms in total.